The summed E-state index contributed by atoms with van der Waals surface area (Å²) >= 11 is 5.96. The predicted octanol–water partition coefficient (Wildman–Crippen LogP) is 0.0918. The lowest BCUT2D eigenvalue weighted by Crippen LogP contribution is -2.49. The van der Waals surface area contributed by atoms with Gasteiger partial charge in [0.25, 0.3) is 5.56 Å². The van der Waals surface area contributed by atoms with Crippen LogP contribution in [0.3, 0.4) is 0 Å². The average molecular weight is 257 g/mol. The van der Waals surface area contributed by atoms with Crippen molar-refractivity contribution in [3.8, 4) is 0 Å². The van der Waals surface area contributed by atoms with E-state index in [1.54, 1.807) is 11.8 Å². The van der Waals surface area contributed by atoms with Crippen LogP contribution in [0.5, 0.6) is 0 Å². The second-order valence-corrected chi connectivity index (χ2v) is 4.30. The smallest absolute Gasteiger partial charge is 0.289 e. The van der Waals surface area contributed by atoms with Gasteiger partial charge in [-0.15, -0.1) is 0 Å². The van der Waals surface area contributed by atoms with Gasteiger partial charge in [0.05, 0.1) is 11.2 Å². The number of aromatic amines is 1. The van der Waals surface area contributed by atoms with E-state index in [0.29, 0.717) is 36.9 Å². The summed E-state index contributed by atoms with van der Waals surface area (Å²) in [6.45, 7) is 3.96. The van der Waals surface area contributed by atoms with E-state index in [1.807, 2.05) is 4.90 Å². The highest BCUT2D eigenvalue weighted by atomic mass is 35.5. The number of nitrogens with one attached hydrogen (secondary N) is 1. The molecule has 0 bridgehead atoms. The largest absolute Gasteiger partial charge is 0.362 e. The maximum absolute atomic E-state index is 11.6. The van der Waals surface area contributed by atoms with Crippen LogP contribution in [-0.4, -0.2) is 47.2 Å². The SMILES string of the molecule is CC(=O)N1CCN(c2c(Cl)cn[nH]c2=O)CC1. The lowest BCUT2D eigenvalue weighted by molar-refractivity contribution is -0.129. The highest BCUT2D eigenvalue weighted by molar-refractivity contribution is 6.33. The van der Waals surface area contributed by atoms with Crippen molar-refractivity contribution in [3.05, 3.63) is 21.6 Å². The van der Waals surface area contributed by atoms with Crippen molar-refractivity contribution in [2.75, 3.05) is 31.1 Å². The Hall–Kier alpha value is -1.56. The molecule has 1 aromatic heterocycles. The zero-order valence-corrected chi connectivity index (χ0v) is 10.2. The Morgan fingerprint density at radius 3 is 2.59 bits per heavy atom. The molecule has 2 heterocycles. The van der Waals surface area contributed by atoms with E-state index in [0.717, 1.165) is 0 Å². The number of rotatable bonds is 1. The minimum absolute atomic E-state index is 0.0550. The highest BCUT2D eigenvalue weighted by Crippen LogP contribution is 2.20. The van der Waals surface area contributed by atoms with Gasteiger partial charge in [0.2, 0.25) is 5.91 Å². The normalized spacial score (nSPS) is 16.1. The fourth-order valence-corrected chi connectivity index (χ4v) is 2.16. The van der Waals surface area contributed by atoms with Crippen molar-refractivity contribution in [2.45, 2.75) is 6.92 Å². The minimum atomic E-state index is -0.297. The van der Waals surface area contributed by atoms with E-state index >= 15 is 0 Å². The predicted molar refractivity (Wildman–Crippen MR) is 64.3 cm³/mol. The average Bonchev–Trinajstić information content (AvgIpc) is 2.29. The van der Waals surface area contributed by atoms with Crippen molar-refractivity contribution in [3.63, 3.8) is 0 Å². The molecular weight excluding hydrogens is 244 g/mol. The molecule has 1 aromatic rings. The summed E-state index contributed by atoms with van der Waals surface area (Å²) in [6.07, 6.45) is 1.41. The van der Waals surface area contributed by atoms with Gasteiger partial charge in [0.1, 0.15) is 5.69 Å². The van der Waals surface area contributed by atoms with Crippen LogP contribution in [0.4, 0.5) is 5.69 Å². The highest BCUT2D eigenvalue weighted by Gasteiger charge is 2.22. The first kappa shape index (κ1) is 11.9. The standard InChI is InChI=1S/C10H13ClN4O2/c1-7(16)14-2-4-15(5-3-14)9-8(11)6-12-13-10(9)17/h6H,2-5H2,1H3,(H,13,17). The maximum Gasteiger partial charge on any atom is 0.289 e. The molecule has 1 aliphatic heterocycles. The maximum atomic E-state index is 11.6. The summed E-state index contributed by atoms with van der Waals surface area (Å²) in [4.78, 5) is 26.4. The Bertz CT molecular complexity index is 479. The van der Waals surface area contributed by atoms with E-state index in [4.69, 9.17) is 11.6 Å². The molecule has 0 spiro atoms. The number of halogens is 1. The molecule has 0 unspecified atom stereocenters. The summed E-state index contributed by atoms with van der Waals surface area (Å²) < 4.78 is 0. The van der Waals surface area contributed by atoms with E-state index in [9.17, 15) is 9.59 Å². The Kier molecular flexibility index (Phi) is 3.33. The molecule has 1 fully saturated rings. The van der Waals surface area contributed by atoms with Gasteiger partial charge in [0.15, 0.2) is 0 Å². The number of hydrogen-bond acceptors (Lipinski definition) is 4. The van der Waals surface area contributed by atoms with Crippen LogP contribution in [0.25, 0.3) is 0 Å². The number of H-pyrrole nitrogens is 1. The number of piperazine rings is 1. The second-order valence-electron chi connectivity index (χ2n) is 3.89. The first-order chi connectivity index (χ1) is 8.09. The van der Waals surface area contributed by atoms with Crippen LogP contribution >= 0.6 is 11.6 Å². The number of hydrogen-bond donors (Lipinski definition) is 1. The monoisotopic (exact) mass is 256 g/mol. The van der Waals surface area contributed by atoms with Gasteiger partial charge in [-0.05, 0) is 0 Å². The first-order valence-corrected chi connectivity index (χ1v) is 5.71. The third-order valence-electron chi connectivity index (χ3n) is 2.83. The number of aromatic nitrogens is 2. The van der Waals surface area contributed by atoms with Crippen LogP contribution in [0, 0.1) is 0 Å². The van der Waals surface area contributed by atoms with Crippen molar-refractivity contribution in [1.29, 1.82) is 0 Å². The van der Waals surface area contributed by atoms with E-state index in [1.165, 1.54) is 6.20 Å². The molecule has 2 rings (SSSR count). The number of carbonyl (C=O) groups is 1. The van der Waals surface area contributed by atoms with Gasteiger partial charge in [-0.25, -0.2) is 5.10 Å². The van der Waals surface area contributed by atoms with Crippen molar-refractivity contribution < 1.29 is 4.79 Å². The van der Waals surface area contributed by atoms with Gasteiger partial charge in [0, 0.05) is 33.1 Å². The molecule has 1 amide bonds. The van der Waals surface area contributed by atoms with Crippen molar-refractivity contribution in [1.82, 2.24) is 15.1 Å². The molecule has 0 atom stereocenters. The van der Waals surface area contributed by atoms with E-state index in [2.05, 4.69) is 10.2 Å². The molecule has 1 N–H and O–H groups in total. The Labute approximate surface area is 103 Å². The van der Waals surface area contributed by atoms with Crippen molar-refractivity contribution in [2.24, 2.45) is 0 Å². The summed E-state index contributed by atoms with van der Waals surface area (Å²) in [5.74, 6) is 0.0550. The number of anilines is 1. The van der Waals surface area contributed by atoms with E-state index in [-0.39, 0.29) is 11.5 Å². The molecule has 0 aromatic carbocycles. The van der Waals surface area contributed by atoms with Gasteiger partial charge in [-0.1, -0.05) is 11.6 Å². The van der Waals surface area contributed by atoms with E-state index < -0.39 is 0 Å². The molecule has 92 valence electrons. The van der Waals surface area contributed by atoms with Crippen LogP contribution < -0.4 is 10.5 Å². The molecular formula is C10H13ClN4O2. The van der Waals surface area contributed by atoms with Gasteiger partial charge >= 0.3 is 0 Å². The Morgan fingerprint density at radius 1 is 1.41 bits per heavy atom. The topological polar surface area (TPSA) is 69.3 Å². The van der Waals surface area contributed by atoms with Crippen LogP contribution in [0.15, 0.2) is 11.0 Å². The molecule has 0 aliphatic carbocycles. The molecule has 0 saturated carbocycles. The molecule has 17 heavy (non-hydrogen) atoms. The minimum Gasteiger partial charge on any atom is -0.362 e. The van der Waals surface area contributed by atoms with Crippen LogP contribution in [-0.2, 0) is 4.79 Å². The third kappa shape index (κ3) is 2.41. The lowest BCUT2D eigenvalue weighted by atomic mass is 10.3. The quantitative estimate of drug-likeness (QED) is 0.773. The molecule has 1 aliphatic rings. The van der Waals surface area contributed by atoms with Crippen LogP contribution in [0.1, 0.15) is 6.92 Å². The Morgan fingerprint density at radius 2 is 2.06 bits per heavy atom. The van der Waals surface area contributed by atoms with Crippen molar-refractivity contribution >= 4 is 23.2 Å². The fraction of sp³-hybridized carbons (Fsp3) is 0.500. The Balaban J connectivity index is 2.16. The third-order valence-corrected chi connectivity index (χ3v) is 3.10. The zero-order valence-electron chi connectivity index (χ0n) is 9.44. The summed E-state index contributed by atoms with van der Waals surface area (Å²) in [7, 11) is 0. The number of amides is 1. The van der Waals surface area contributed by atoms with Gasteiger partial charge in [-0.2, -0.15) is 5.10 Å². The molecule has 1 saturated heterocycles. The van der Waals surface area contributed by atoms with Crippen LogP contribution in [0.2, 0.25) is 5.02 Å². The lowest BCUT2D eigenvalue weighted by Gasteiger charge is -2.35. The summed E-state index contributed by atoms with van der Waals surface area (Å²) in [5, 5.41) is 6.32. The number of nitrogens with zero attached hydrogens (tertiary/aromatic N) is 3. The van der Waals surface area contributed by atoms with Gasteiger partial charge in [-0.3, -0.25) is 9.59 Å². The second kappa shape index (κ2) is 4.75. The zero-order chi connectivity index (χ0) is 12.4. The first-order valence-electron chi connectivity index (χ1n) is 5.33. The van der Waals surface area contributed by atoms with Gasteiger partial charge < -0.3 is 9.80 Å². The number of carbonyl (C=O) groups excluding carboxylic acids is 1. The summed E-state index contributed by atoms with van der Waals surface area (Å²) in [6, 6.07) is 0. The summed E-state index contributed by atoms with van der Waals surface area (Å²) in [5.41, 5.74) is 0.138. The molecule has 6 nitrogen and oxygen atoms in total. The molecule has 0 radical (unpaired) electrons. The fourth-order valence-electron chi connectivity index (χ4n) is 1.91. The molecule has 7 heteroatoms.